The standard InChI is InChI=1S/C16H28N4/c1-5-11-18-15(17)19-12-16(3,4)20-13(2)14-9-7-6-8-10-14/h6-10,13,20H,5,11-12H2,1-4H3,(H3,17,18,19). The Morgan fingerprint density at radius 3 is 2.55 bits per heavy atom. The molecule has 0 bridgehead atoms. The topological polar surface area (TPSA) is 62.4 Å². The van der Waals surface area contributed by atoms with Gasteiger partial charge in [-0.3, -0.25) is 4.99 Å². The average Bonchev–Trinajstić information content (AvgIpc) is 2.43. The summed E-state index contributed by atoms with van der Waals surface area (Å²) in [5.74, 6) is 0.522. The van der Waals surface area contributed by atoms with Gasteiger partial charge in [0.15, 0.2) is 5.96 Å². The van der Waals surface area contributed by atoms with Crippen LogP contribution in [0.2, 0.25) is 0 Å². The predicted octanol–water partition coefficient (Wildman–Crippen LogP) is 2.43. The summed E-state index contributed by atoms with van der Waals surface area (Å²) in [6.45, 7) is 10.1. The molecule has 4 heteroatoms. The second-order valence-electron chi connectivity index (χ2n) is 5.79. The van der Waals surface area contributed by atoms with Gasteiger partial charge < -0.3 is 16.4 Å². The number of benzene rings is 1. The van der Waals surface area contributed by atoms with Gasteiger partial charge >= 0.3 is 0 Å². The Bertz CT molecular complexity index is 412. The number of guanidine groups is 1. The highest BCUT2D eigenvalue weighted by Crippen LogP contribution is 2.16. The summed E-state index contributed by atoms with van der Waals surface area (Å²) < 4.78 is 0. The Balaban J connectivity index is 2.52. The van der Waals surface area contributed by atoms with Crippen molar-refractivity contribution in [1.82, 2.24) is 10.6 Å². The molecule has 1 aromatic carbocycles. The van der Waals surface area contributed by atoms with Crippen molar-refractivity contribution < 1.29 is 0 Å². The van der Waals surface area contributed by atoms with Crippen LogP contribution in [0, 0.1) is 0 Å². The zero-order chi connectivity index (χ0) is 15.0. The lowest BCUT2D eigenvalue weighted by Crippen LogP contribution is -2.44. The molecule has 20 heavy (non-hydrogen) atoms. The van der Waals surface area contributed by atoms with E-state index in [9.17, 15) is 0 Å². The number of hydrogen-bond acceptors (Lipinski definition) is 2. The minimum absolute atomic E-state index is 0.103. The van der Waals surface area contributed by atoms with Gasteiger partial charge in [0.05, 0.1) is 6.54 Å². The molecule has 0 fully saturated rings. The quantitative estimate of drug-likeness (QED) is 0.529. The summed E-state index contributed by atoms with van der Waals surface area (Å²) in [6, 6.07) is 10.7. The molecule has 112 valence electrons. The molecule has 0 saturated heterocycles. The van der Waals surface area contributed by atoms with E-state index in [1.54, 1.807) is 0 Å². The van der Waals surface area contributed by atoms with Crippen LogP contribution in [-0.2, 0) is 0 Å². The van der Waals surface area contributed by atoms with Gasteiger partial charge in [-0.25, -0.2) is 0 Å². The van der Waals surface area contributed by atoms with Crippen LogP contribution >= 0.6 is 0 Å². The second-order valence-corrected chi connectivity index (χ2v) is 5.79. The minimum Gasteiger partial charge on any atom is -0.370 e. The highest BCUT2D eigenvalue weighted by Gasteiger charge is 2.20. The third kappa shape index (κ3) is 6.06. The van der Waals surface area contributed by atoms with Crippen molar-refractivity contribution in [2.45, 2.75) is 45.7 Å². The molecule has 0 heterocycles. The van der Waals surface area contributed by atoms with Crippen molar-refractivity contribution in [3.63, 3.8) is 0 Å². The molecule has 4 N–H and O–H groups in total. The first-order valence-electron chi connectivity index (χ1n) is 7.31. The minimum atomic E-state index is -0.103. The highest BCUT2D eigenvalue weighted by molar-refractivity contribution is 5.77. The van der Waals surface area contributed by atoms with Crippen LogP contribution in [0.5, 0.6) is 0 Å². The van der Waals surface area contributed by atoms with Gasteiger partial charge in [0.1, 0.15) is 0 Å². The number of nitrogens with one attached hydrogen (secondary N) is 2. The molecule has 4 nitrogen and oxygen atoms in total. The van der Waals surface area contributed by atoms with E-state index in [4.69, 9.17) is 5.73 Å². The maximum atomic E-state index is 5.82. The number of nitrogens with zero attached hydrogens (tertiary/aromatic N) is 1. The number of nitrogens with two attached hydrogens (primary N) is 1. The van der Waals surface area contributed by atoms with E-state index >= 15 is 0 Å². The number of hydrogen-bond donors (Lipinski definition) is 3. The van der Waals surface area contributed by atoms with E-state index in [1.165, 1.54) is 5.56 Å². The van der Waals surface area contributed by atoms with E-state index in [0.29, 0.717) is 12.5 Å². The van der Waals surface area contributed by atoms with Crippen LogP contribution in [0.25, 0.3) is 0 Å². The maximum absolute atomic E-state index is 5.82. The van der Waals surface area contributed by atoms with Crippen LogP contribution in [0.4, 0.5) is 0 Å². The molecule has 0 aliphatic rings. The molecule has 0 saturated carbocycles. The lowest BCUT2D eigenvalue weighted by atomic mass is 10.0. The first-order valence-corrected chi connectivity index (χ1v) is 7.31. The third-order valence-electron chi connectivity index (χ3n) is 3.11. The predicted molar refractivity (Wildman–Crippen MR) is 86.9 cm³/mol. The Morgan fingerprint density at radius 2 is 1.95 bits per heavy atom. The molecule has 1 rings (SSSR count). The summed E-state index contributed by atoms with van der Waals surface area (Å²) in [4.78, 5) is 4.40. The van der Waals surface area contributed by atoms with Gasteiger partial charge in [-0.05, 0) is 32.8 Å². The van der Waals surface area contributed by atoms with Gasteiger partial charge in [-0.15, -0.1) is 0 Å². The van der Waals surface area contributed by atoms with Crippen LogP contribution in [0.1, 0.15) is 45.7 Å². The molecule has 0 spiro atoms. The molecule has 0 aliphatic heterocycles. The van der Waals surface area contributed by atoms with E-state index in [-0.39, 0.29) is 11.6 Å². The van der Waals surface area contributed by atoms with Crippen molar-refractivity contribution in [3.8, 4) is 0 Å². The molecule has 0 amide bonds. The molecule has 0 radical (unpaired) electrons. The summed E-state index contributed by atoms with van der Waals surface area (Å²) in [6.07, 6.45) is 1.04. The molecular formula is C16H28N4. The second kappa shape index (κ2) is 7.90. The molecular weight excluding hydrogens is 248 g/mol. The summed E-state index contributed by atoms with van der Waals surface area (Å²) in [5, 5.41) is 6.68. The Morgan fingerprint density at radius 1 is 1.30 bits per heavy atom. The fourth-order valence-electron chi connectivity index (χ4n) is 2.05. The average molecular weight is 276 g/mol. The molecule has 1 atom stereocenters. The number of aliphatic imine (C=N–C) groups is 1. The van der Waals surface area contributed by atoms with Gasteiger partial charge in [-0.1, -0.05) is 37.3 Å². The van der Waals surface area contributed by atoms with Crippen molar-refractivity contribution >= 4 is 5.96 Å². The summed E-state index contributed by atoms with van der Waals surface area (Å²) in [5.41, 5.74) is 7.00. The number of rotatable bonds is 7. The normalized spacial score (nSPS) is 14.1. The van der Waals surface area contributed by atoms with Crippen LogP contribution < -0.4 is 16.4 Å². The smallest absolute Gasteiger partial charge is 0.188 e. The molecule has 1 unspecified atom stereocenters. The lowest BCUT2D eigenvalue weighted by Gasteiger charge is -2.29. The van der Waals surface area contributed by atoms with Crippen molar-refractivity contribution in [1.29, 1.82) is 0 Å². The Hall–Kier alpha value is -1.55. The summed E-state index contributed by atoms with van der Waals surface area (Å²) in [7, 11) is 0. The fourth-order valence-corrected chi connectivity index (χ4v) is 2.05. The van der Waals surface area contributed by atoms with E-state index < -0.39 is 0 Å². The Kier molecular flexibility index (Phi) is 6.52. The van der Waals surface area contributed by atoms with Gasteiger partial charge in [0.2, 0.25) is 0 Å². The first-order chi connectivity index (χ1) is 9.44. The van der Waals surface area contributed by atoms with Crippen LogP contribution in [0.3, 0.4) is 0 Å². The van der Waals surface area contributed by atoms with E-state index in [1.807, 2.05) is 6.07 Å². The Labute approximate surface area is 122 Å². The van der Waals surface area contributed by atoms with Crippen molar-refractivity contribution in [2.24, 2.45) is 10.7 Å². The van der Waals surface area contributed by atoms with E-state index in [0.717, 1.165) is 13.0 Å². The van der Waals surface area contributed by atoms with Crippen LogP contribution in [-0.4, -0.2) is 24.6 Å². The van der Waals surface area contributed by atoms with Crippen molar-refractivity contribution in [3.05, 3.63) is 35.9 Å². The molecule has 1 aromatic rings. The SMILES string of the molecule is CCCNC(N)=NCC(C)(C)NC(C)c1ccccc1. The summed E-state index contributed by atoms with van der Waals surface area (Å²) >= 11 is 0. The van der Waals surface area contributed by atoms with Gasteiger partial charge in [0, 0.05) is 18.1 Å². The largest absolute Gasteiger partial charge is 0.370 e. The zero-order valence-electron chi connectivity index (χ0n) is 13.1. The first kappa shape index (κ1) is 16.5. The highest BCUT2D eigenvalue weighted by atomic mass is 15.1. The van der Waals surface area contributed by atoms with Gasteiger partial charge in [-0.2, -0.15) is 0 Å². The lowest BCUT2D eigenvalue weighted by molar-refractivity contribution is 0.357. The monoisotopic (exact) mass is 276 g/mol. The molecule has 0 aliphatic carbocycles. The fraction of sp³-hybridized carbons (Fsp3) is 0.562. The zero-order valence-corrected chi connectivity index (χ0v) is 13.1. The van der Waals surface area contributed by atoms with Gasteiger partial charge in [0.25, 0.3) is 0 Å². The third-order valence-corrected chi connectivity index (χ3v) is 3.11. The molecule has 0 aromatic heterocycles. The van der Waals surface area contributed by atoms with E-state index in [2.05, 4.69) is 67.6 Å². The maximum Gasteiger partial charge on any atom is 0.188 e. The van der Waals surface area contributed by atoms with Crippen LogP contribution in [0.15, 0.2) is 35.3 Å². The van der Waals surface area contributed by atoms with Crippen molar-refractivity contribution in [2.75, 3.05) is 13.1 Å².